The molecule has 2 aromatic rings. The van der Waals surface area contributed by atoms with E-state index in [9.17, 15) is 4.79 Å². The maximum absolute atomic E-state index is 11.8. The monoisotopic (exact) mass is 424 g/mol. The molecule has 0 radical (unpaired) electrons. The fourth-order valence-electron chi connectivity index (χ4n) is 3.26. The van der Waals surface area contributed by atoms with Crippen molar-refractivity contribution in [2.24, 2.45) is 4.99 Å². The topological polar surface area (TPSA) is 84.0 Å². The minimum Gasteiger partial charge on any atom is -0.493 e. The minimum absolute atomic E-state index is 0.0852. The van der Waals surface area contributed by atoms with Gasteiger partial charge in [0.15, 0.2) is 17.5 Å². The maximum Gasteiger partial charge on any atom is 0.251 e. The Hall–Kier alpha value is -3.48. The molecule has 0 aliphatic carbocycles. The quantitative estimate of drug-likeness (QED) is 0.310. The van der Waals surface area contributed by atoms with Crippen molar-refractivity contribution in [2.45, 2.75) is 19.4 Å². The predicted molar refractivity (Wildman–Crippen MR) is 125 cm³/mol. The van der Waals surface area contributed by atoms with E-state index in [1.54, 1.807) is 34.4 Å². The van der Waals surface area contributed by atoms with Crippen LogP contribution in [0.4, 0.5) is 0 Å². The average molecular weight is 425 g/mol. The minimum atomic E-state index is -0.0852. The van der Waals surface area contributed by atoms with Gasteiger partial charge in [-0.15, -0.1) is 6.58 Å². The Morgan fingerprint density at radius 2 is 1.94 bits per heavy atom. The number of rotatable bonds is 10. The first-order chi connectivity index (χ1) is 15.1. The number of carbonyl (C=O) groups excluding carboxylic acids is 1. The van der Waals surface area contributed by atoms with Crippen LogP contribution in [0.1, 0.15) is 27.0 Å². The summed E-state index contributed by atoms with van der Waals surface area (Å²) in [5.74, 6) is 2.03. The molecule has 0 fully saturated rings. The molecule has 0 spiro atoms. The van der Waals surface area contributed by atoms with E-state index < -0.39 is 0 Å². The largest absolute Gasteiger partial charge is 0.493 e. The number of benzene rings is 2. The van der Waals surface area contributed by atoms with Crippen molar-refractivity contribution in [1.29, 1.82) is 0 Å². The molecule has 0 bridgehead atoms. The summed E-state index contributed by atoms with van der Waals surface area (Å²) < 4.78 is 11.0. The third kappa shape index (κ3) is 6.77. The van der Waals surface area contributed by atoms with Gasteiger partial charge >= 0.3 is 0 Å². The Labute approximate surface area is 184 Å². The molecule has 1 amide bonds. The molecule has 2 aromatic carbocycles. The van der Waals surface area contributed by atoms with Crippen LogP contribution < -0.4 is 25.4 Å². The number of nitrogens with zero attached hydrogens (tertiary/aromatic N) is 1. The van der Waals surface area contributed by atoms with Gasteiger partial charge in [-0.2, -0.15) is 0 Å². The molecule has 0 saturated carbocycles. The van der Waals surface area contributed by atoms with Crippen molar-refractivity contribution in [3.05, 3.63) is 71.3 Å². The summed E-state index contributed by atoms with van der Waals surface area (Å²) in [7, 11) is 6.63. The zero-order chi connectivity index (χ0) is 22.6. The van der Waals surface area contributed by atoms with Crippen LogP contribution in [0.3, 0.4) is 0 Å². The fraction of sp³-hybridized carbons (Fsp3) is 0.333. The summed E-state index contributed by atoms with van der Waals surface area (Å²) in [4.78, 5) is 16.1. The highest BCUT2D eigenvalue weighted by molar-refractivity contribution is 5.94. The van der Waals surface area contributed by atoms with Gasteiger partial charge in [0.2, 0.25) is 0 Å². The van der Waals surface area contributed by atoms with E-state index in [1.807, 2.05) is 30.3 Å². The summed E-state index contributed by atoms with van der Waals surface area (Å²) in [6.45, 7) is 5.08. The molecular weight excluding hydrogens is 392 g/mol. The lowest BCUT2D eigenvalue weighted by molar-refractivity contribution is 0.0963. The number of nitrogens with one attached hydrogen (secondary N) is 3. The zero-order valence-electron chi connectivity index (χ0n) is 18.7. The third-order valence-electron chi connectivity index (χ3n) is 4.79. The van der Waals surface area contributed by atoms with Gasteiger partial charge in [-0.3, -0.25) is 9.79 Å². The number of carbonyl (C=O) groups is 1. The van der Waals surface area contributed by atoms with Gasteiger partial charge in [0, 0.05) is 38.3 Å². The van der Waals surface area contributed by atoms with Crippen LogP contribution in [0.2, 0.25) is 0 Å². The van der Waals surface area contributed by atoms with Crippen molar-refractivity contribution in [2.75, 3.05) is 34.9 Å². The second-order valence-corrected chi connectivity index (χ2v) is 6.87. The number of hydrogen-bond donors (Lipinski definition) is 3. The molecule has 0 unspecified atom stereocenters. The highest BCUT2D eigenvalue weighted by atomic mass is 16.5. The number of guanidine groups is 1. The standard InChI is InChI=1S/C24H32N4O3/c1-6-8-19-14-18(15-21(30-4)22(19)31-5)16-28-24(26-3)27-12-11-17-9-7-10-20(13-17)23(29)25-2/h6-7,9-10,13-15H,1,8,11-12,16H2,2-5H3,(H,25,29)(H2,26,27,28). The van der Waals surface area contributed by atoms with Crippen LogP contribution in [0.5, 0.6) is 11.5 Å². The molecule has 7 nitrogen and oxygen atoms in total. The van der Waals surface area contributed by atoms with Gasteiger partial charge in [0.1, 0.15) is 0 Å². The summed E-state index contributed by atoms with van der Waals surface area (Å²) in [6.07, 6.45) is 3.30. The normalized spacial score (nSPS) is 10.9. The van der Waals surface area contributed by atoms with E-state index in [2.05, 4.69) is 33.6 Å². The molecule has 3 N–H and O–H groups in total. The van der Waals surface area contributed by atoms with Crippen molar-refractivity contribution in [3.8, 4) is 11.5 Å². The molecule has 31 heavy (non-hydrogen) atoms. The highest BCUT2D eigenvalue weighted by Gasteiger charge is 2.12. The number of aliphatic imine (C=N–C) groups is 1. The Kier molecular flexibility index (Phi) is 9.42. The van der Waals surface area contributed by atoms with Gasteiger partial charge in [0.05, 0.1) is 14.2 Å². The molecule has 2 rings (SSSR count). The zero-order valence-corrected chi connectivity index (χ0v) is 18.7. The second-order valence-electron chi connectivity index (χ2n) is 6.87. The molecular formula is C24H32N4O3. The molecule has 0 aliphatic rings. The first-order valence-corrected chi connectivity index (χ1v) is 10.2. The first-order valence-electron chi connectivity index (χ1n) is 10.2. The van der Waals surface area contributed by atoms with E-state index in [1.165, 1.54) is 0 Å². The van der Waals surface area contributed by atoms with E-state index in [4.69, 9.17) is 9.47 Å². The maximum atomic E-state index is 11.8. The Morgan fingerprint density at radius 3 is 2.58 bits per heavy atom. The summed E-state index contributed by atoms with van der Waals surface area (Å²) in [6, 6.07) is 11.6. The number of ether oxygens (including phenoxy) is 2. The Morgan fingerprint density at radius 1 is 1.13 bits per heavy atom. The molecule has 0 atom stereocenters. The number of methoxy groups -OCH3 is 2. The summed E-state index contributed by atoms with van der Waals surface area (Å²) in [5.41, 5.74) is 3.81. The smallest absolute Gasteiger partial charge is 0.251 e. The van der Waals surface area contributed by atoms with Gasteiger partial charge < -0.3 is 25.4 Å². The van der Waals surface area contributed by atoms with Crippen LogP contribution in [0.25, 0.3) is 0 Å². The molecule has 166 valence electrons. The van der Waals surface area contributed by atoms with E-state index in [0.29, 0.717) is 36.8 Å². The molecule has 0 saturated heterocycles. The van der Waals surface area contributed by atoms with Crippen LogP contribution in [-0.2, 0) is 19.4 Å². The van der Waals surface area contributed by atoms with E-state index >= 15 is 0 Å². The SMILES string of the molecule is C=CCc1cc(CNC(=NC)NCCc2cccc(C(=O)NC)c2)cc(OC)c1OC. The Bertz CT molecular complexity index is 925. The van der Waals surface area contributed by atoms with Crippen LogP contribution in [-0.4, -0.2) is 46.7 Å². The fourth-order valence-corrected chi connectivity index (χ4v) is 3.26. The average Bonchev–Trinajstić information content (AvgIpc) is 2.80. The third-order valence-corrected chi connectivity index (χ3v) is 4.79. The molecule has 0 heterocycles. The van der Waals surface area contributed by atoms with Crippen LogP contribution in [0.15, 0.2) is 54.0 Å². The lowest BCUT2D eigenvalue weighted by atomic mass is 10.1. The van der Waals surface area contributed by atoms with Gasteiger partial charge in [-0.25, -0.2) is 0 Å². The van der Waals surface area contributed by atoms with E-state index in [-0.39, 0.29) is 5.91 Å². The molecule has 0 aliphatic heterocycles. The van der Waals surface area contributed by atoms with Crippen molar-refractivity contribution in [1.82, 2.24) is 16.0 Å². The Balaban J connectivity index is 1.96. The van der Waals surface area contributed by atoms with Gasteiger partial charge in [0.25, 0.3) is 5.91 Å². The second kappa shape index (κ2) is 12.3. The van der Waals surface area contributed by atoms with Gasteiger partial charge in [-0.05, 0) is 48.2 Å². The highest BCUT2D eigenvalue weighted by Crippen LogP contribution is 2.33. The van der Waals surface area contributed by atoms with Crippen LogP contribution in [0, 0.1) is 0 Å². The predicted octanol–water partition coefficient (Wildman–Crippen LogP) is 2.70. The number of amides is 1. The first kappa shape index (κ1) is 23.8. The van der Waals surface area contributed by atoms with Crippen LogP contribution >= 0.6 is 0 Å². The lowest BCUT2D eigenvalue weighted by Crippen LogP contribution is -2.37. The van der Waals surface area contributed by atoms with Crippen molar-refractivity contribution >= 4 is 11.9 Å². The number of allylic oxidation sites excluding steroid dienone is 1. The molecule has 0 aromatic heterocycles. The summed E-state index contributed by atoms with van der Waals surface area (Å²) >= 11 is 0. The lowest BCUT2D eigenvalue weighted by Gasteiger charge is -2.16. The summed E-state index contributed by atoms with van der Waals surface area (Å²) in [5, 5.41) is 9.27. The number of hydrogen-bond acceptors (Lipinski definition) is 4. The van der Waals surface area contributed by atoms with E-state index in [0.717, 1.165) is 28.9 Å². The molecule has 7 heteroatoms. The van der Waals surface area contributed by atoms with Gasteiger partial charge in [-0.1, -0.05) is 18.2 Å². The van der Waals surface area contributed by atoms with Crippen molar-refractivity contribution in [3.63, 3.8) is 0 Å². The van der Waals surface area contributed by atoms with Crippen molar-refractivity contribution < 1.29 is 14.3 Å².